The summed E-state index contributed by atoms with van der Waals surface area (Å²) in [6.07, 6.45) is 1.46. The largest absolute Gasteiger partial charge is 0.464 e. The lowest BCUT2D eigenvalue weighted by molar-refractivity contribution is -0.133. The zero-order chi connectivity index (χ0) is 25.2. The van der Waals surface area contributed by atoms with Crippen LogP contribution in [0.3, 0.4) is 0 Å². The molecule has 4 rings (SSSR count). The van der Waals surface area contributed by atoms with E-state index in [1.54, 1.807) is 48.7 Å². The first-order chi connectivity index (χ1) is 16.8. The molecule has 1 aromatic carbocycles. The highest BCUT2D eigenvalue weighted by molar-refractivity contribution is 7.15. The summed E-state index contributed by atoms with van der Waals surface area (Å²) in [4.78, 5) is 51.9. The average Bonchev–Trinajstić information content (AvgIpc) is 3.56. The fraction of sp³-hybridized carbons (Fsp3) is 0.208. The summed E-state index contributed by atoms with van der Waals surface area (Å²) in [7, 11) is 0. The number of urea groups is 1. The van der Waals surface area contributed by atoms with Crippen molar-refractivity contribution in [3.63, 3.8) is 0 Å². The molecule has 11 heteroatoms. The Hall–Kier alpha value is -4.43. The van der Waals surface area contributed by atoms with Crippen molar-refractivity contribution < 1.29 is 28.3 Å². The second-order valence-corrected chi connectivity index (χ2v) is 8.61. The number of imide groups is 1. The number of nitriles is 1. The Labute approximate surface area is 204 Å². The van der Waals surface area contributed by atoms with Crippen molar-refractivity contribution in [2.45, 2.75) is 19.4 Å². The zero-order valence-corrected chi connectivity index (χ0v) is 19.6. The maximum absolute atomic E-state index is 13.1. The molecule has 2 N–H and O–H groups in total. The molecule has 1 aliphatic heterocycles. The van der Waals surface area contributed by atoms with E-state index in [4.69, 9.17) is 14.4 Å². The number of carbonyl (C=O) groups is 4. The molecule has 1 fully saturated rings. The number of hydrogen-bond donors (Lipinski definition) is 2. The number of nitrogens with one attached hydrogen (secondary N) is 2. The van der Waals surface area contributed by atoms with Crippen LogP contribution < -0.4 is 10.6 Å². The van der Waals surface area contributed by atoms with Gasteiger partial charge in [0.2, 0.25) is 5.91 Å². The van der Waals surface area contributed by atoms with Gasteiger partial charge >= 0.3 is 12.0 Å². The van der Waals surface area contributed by atoms with E-state index < -0.39 is 35.9 Å². The summed E-state index contributed by atoms with van der Waals surface area (Å²) in [5, 5.41) is 16.1. The standard InChI is InChI=1S/C24H20N4O6S/c1-3-33-21(30)19-16(17-5-4-10-34-17)13-35-20(19)26-18(29)12-28-22(31)24(2,27-23(28)32)15-8-6-14(11-25)7-9-15/h4-10,13H,3,12H2,1-2H3,(H,26,29)(H,27,32)/t24-/m0/s1. The lowest BCUT2D eigenvalue weighted by Gasteiger charge is -2.22. The van der Waals surface area contributed by atoms with Gasteiger partial charge in [0.1, 0.15) is 28.4 Å². The monoisotopic (exact) mass is 492 g/mol. The molecule has 1 aliphatic rings. The molecule has 3 aromatic rings. The van der Waals surface area contributed by atoms with Crippen LogP contribution in [0.15, 0.2) is 52.5 Å². The molecule has 10 nitrogen and oxygen atoms in total. The van der Waals surface area contributed by atoms with Crippen molar-refractivity contribution in [1.82, 2.24) is 10.2 Å². The molecular formula is C24H20N4O6S. The smallest absolute Gasteiger partial charge is 0.341 e. The van der Waals surface area contributed by atoms with Crippen molar-refractivity contribution >= 4 is 40.2 Å². The minimum absolute atomic E-state index is 0.125. The third-order valence-corrected chi connectivity index (χ3v) is 6.37. The Bertz CT molecular complexity index is 1340. The second kappa shape index (κ2) is 9.44. The van der Waals surface area contributed by atoms with E-state index in [-0.39, 0.29) is 17.2 Å². The van der Waals surface area contributed by atoms with E-state index in [2.05, 4.69) is 10.6 Å². The summed E-state index contributed by atoms with van der Waals surface area (Å²) in [6, 6.07) is 10.8. The van der Waals surface area contributed by atoms with Crippen LogP contribution in [0.5, 0.6) is 0 Å². The molecule has 0 aliphatic carbocycles. The van der Waals surface area contributed by atoms with Crippen LogP contribution >= 0.6 is 11.3 Å². The van der Waals surface area contributed by atoms with E-state index >= 15 is 0 Å². The quantitative estimate of drug-likeness (QED) is 0.380. The van der Waals surface area contributed by atoms with E-state index in [9.17, 15) is 19.2 Å². The van der Waals surface area contributed by atoms with Crippen molar-refractivity contribution in [2.24, 2.45) is 0 Å². The van der Waals surface area contributed by atoms with Crippen LogP contribution in [-0.2, 0) is 19.9 Å². The maximum Gasteiger partial charge on any atom is 0.341 e. The van der Waals surface area contributed by atoms with Crippen LogP contribution in [0.2, 0.25) is 0 Å². The summed E-state index contributed by atoms with van der Waals surface area (Å²) in [5.74, 6) is -1.50. The number of rotatable bonds is 7. The number of hydrogen-bond acceptors (Lipinski definition) is 8. The van der Waals surface area contributed by atoms with E-state index in [0.29, 0.717) is 22.5 Å². The summed E-state index contributed by atoms with van der Waals surface area (Å²) in [5.41, 5.74) is 0.0739. The van der Waals surface area contributed by atoms with Crippen molar-refractivity contribution in [3.05, 3.63) is 64.7 Å². The first-order valence-electron chi connectivity index (χ1n) is 10.6. The van der Waals surface area contributed by atoms with Gasteiger partial charge in [0.05, 0.1) is 24.5 Å². The lowest BCUT2D eigenvalue weighted by atomic mass is 9.91. The fourth-order valence-corrected chi connectivity index (χ4v) is 4.65. The first kappa shape index (κ1) is 23.7. The summed E-state index contributed by atoms with van der Waals surface area (Å²) < 4.78 is 10.5. The van der Waals surface area contributed by atoms with Gasteiger partial charge in [0.25, 0.3) is 5.91 Å². The van der Waals surface area contributed by atoms with Crippen LogP contribution in [0.25, 0.3) is 11.3 Å². The van der Waals surface area contributed by atoms with Gasteiger partial charge < -0.3 is 19.8 Å². The van der Waals surface area contributed by atoms with Crippen LogP contribution in [0.1, 0.15) is 35.3 Å². The van der Waals surface area contributed by atoms with Crippen LogP contribution in [0, 0.1) is 11.3 Å². The minimum Gasteiger partial charge on any atom is -0.464 e. The maximum atomic E-state index is 13.1. The predicted molar refractivity (Wildman–Crippen MR) is 125 cm³/mol. The SMILES string of the molecule is CCOC(=O)c1c(-c2ccco2)csc1NC(=O)CN1C(=O)N[C@@](C)(c2ccc(C#N)cc2)C1=O. The molecule has 0 spiro atoms. The van der Waals surface area contributed by atoms with Gasteiger partial charge in [0.15, 0.2) is 0 Å². The first-order valence-corrected chi connectivity index (χ1v) is 11.4. The van der Waals surface area contributed by atoms with Gasteiger partial charge in [-0.1, -0.05) is 12.1 Å². The number of furan rings is 1. The highest BCUT2D eigenvalue weighted by Gasteiger charge is 2.49. The number of ether oxygens (including phenoxy) is 1. The molecule has 0 radical (unpaired) electrons. The molecule has 2 aromatic heterocycles. The van der Waals surface area contributed by atoms with Gasteiger partial charge in [-0.2, -0.15) is 5.26 Å². The lowest BCUT2D eigenvalue weighted by Crippen LogP contribution is -2.42. The second-order valence-electron chi connectivity index (χ2n) is 7.74. The van der Waals surface area contributed by atoms with Crippen molar-refractivity contribution in [2.75, 3.05) is 18.5 Å². The Balaban J connectivity index is 1.54. The number of thiophene rings is 1. The van der Waals surface area contributed by atoms with E-state index in [0.717, 1.165) is 16.2 Å². The van der Waals surface area contributed by atoms with Gasteiger partial charge in [-0.25, -0.2) is 9.59 Å². The van der Waals surface area contributed by atoms with Crippen molar-refractivity contribution in [1.29, 1.82) is 5.26 Å². The number of anilines is 1. The van der Waals surface area contributed by atoms with E-state index in [1.807, 2.05) is 6.07 Å². The molecule has 0 unspecified atom stereocenters. The van der Waals surface area contributed by atoms with E-state index in [1.165, 1.54) is 13.2 Å². The van der Waals surface area contributed by atoms with Crippen LogP contribution in [0.4, 0.5) is 9.80 Å². The molecule has 0 saturated carbocycles. The third-order valence-electron chi connectivity index (χ3n) is 5.48. The zero-order valence-electron chi connectivity index (χ0n) is 18.8. The molecule has 4 amide bonds. The Morgan fingerprint density at radius 1 is 1.26 bits per heavy atom. The molecule has 0 bridgehead atoms. The summed E-state index contributed by atoms with van der Waals surface area (Å²) >= 11 is 1.09. The summed E-state index contributed by atoms with van der Waals surface area (Å²) in [6.45, 7) is 2.76. The van der Waals surface area contributed by atoms with Crippen molar-refractivity contribution in [3.8, 4) is 17.4 Å². The average molecular weight is 493 g/mol. The predicted octanol–water partition coefficient (Wildman–Crippen LogP) is 3.46. The fourth-order valence-electron chi connectivity index (χ4n) is 3.69. The number of benzene rings is 1. The van der Waals surface area contributed by atoms with Gasteiger partial charge in [0, 0.05) is 10.9 Å². The normalized spacial score (nSPS) is 17.1. The number of amides is 4. The van der Waals surface area contributed by atoms with Gasteiger partial charge in [-0.3, -0.25) is 14.5 Å². The number of esters is 1. The van der Waals surface area contributed by atoms with Gasteiger partial charge in [-0.05, 0) is 43.7 Å². The third kappa shape index (κ3) is 4.39. The molecule has 3 heterocycles. The topological polar surface area (TPSA) is 142 Å². The molecule has 178 valence electrons. The molecule has 1 atom stereocenters. The number of carbonyl (C=O) groups excluding carboxylic acids is 4. The highest BCUT2D eigenvalue weighted by Crippen LogP contribution is 2.36. The highest BCUT2D eigenvalue weighted by atomic mass is 32.1. The van der Waals surface area contributed by atoms with Gasteiger partial charge in [-0.15, -0.1) is 11.3 Å². The molecular weight excluding hydrogens is 472 g/mol. The Morgan fingerprint density at radius 3 is 2.63 bits per heavy atom. The molecule has 35 heavy (non-hydrogen) atoms. The van der Waals surface area contributed by atoms with Crippen LogP contribution in [-0.4, -0.2) is 41.9 Å². The minimum atomic E-state index is -1.39. The number of nitrogens with zero attached hydrogens (tertiary/aromatic N) is 2. The molecule has 1 saturated heterocycles. The Morgan fingerprint density at radius 2 is 2.00 bits per heavy atom. The Kier molecular flexibility index (Phi) is 6.40.